The Morgan fingerprint density at radius 2 is 1.79 bits per heavy atom. The number of nitrogens with one attached hydrogen (secondary N) is 1. The normalized spacial score (nSPS) is 13.9. The van der Waals surface area contributed by atoms with Gasteiger partial charge < -0.3 is 14.8 Å². The number of rotatable bonds is 7. The molecular weight excluding hydrogens is 354 g/mol. The first-order valence-corrected chi connectivity index (χ1v) is 9.97. The number of ether oxygens (including phenoxy) is 2. The van der Waals surface area contributed by atoms with Crippen LogP contribution in [0.2, 0.25) is 0 Å². The van der Waals surface area contributed by atoms with Gasteiger partial charge in [-0.1, -0.05) is 25.1 Å². The molecule has 0 aliphatic heterocycles. The maximum atomic E-state index is 12.8. The van der Waals surface area contributed by atoms with Gasteiger partial charge in [0.15, 0.2) is 6.10 Å². The molecule has 0 aromatic heterocycles. The van der Waals surface area contributed by atoms with E-state index in [0.717, 1.165) is 12.8 Å². The standard InChI is InChI=1S/C23H27NO4/c1-3-21(28-18-14-13-16-9-5-6-10-17(16)15-18)22(25)24-20-12-8-7-11-19(20)23(26)27-4-2/h7-8,11-15,21H,3-6,9-10H2,1-2H3,(H,24,25)/t21-/m1/s1. The summed E-state index contributed by atoms with van der Waals surface area (Å²) in [7, 11) is 0. The summed E-state index contributed by atoms with van der Waals surface area (Å²) in [4.78, 5) is 24.9. The Balaban J connectivity index is 1.72. The summed E-state index contributed by atoms with van der Waals surface area (Å²) >= 11 is 0. The topological polar surface area (TPSA) is 64.6 Å². The fourth-order valence-corrected chi connectivity index (χ4v) is 3.46. The number of hydrogen-bond donors (Lipinski definition) is 1. The molecule has 5 nitrogen and oxygen atoms in total. The SMILES string of the molecule is CCOC(=O)c1ccccc1NC(=O)[C@@H](CC)Oc1ccc2c(c1)CCCC2. The van der Waals surface area contributed by atoms with Crippen LogP contribution in [0.25, 0.3) is 0 Å². The molecule has 3 rings (SSSR count). The minimum Gasteiger partial charge on any atom is -0.481 e. The highest BCUT2D eigenvalue weighted by atomic mass is 16.5. The molecule has 0 saturated carbocycles. The lowest BCUT2D eigenvalue weighted by Gasteiger charge is -2.21. The Morgan fingerprint density at radius 3 is 2.54 bits per heavy atom. The molecule has 0 saturated heterocycles. The molecule has 0 unspecified atom stereocenters. The van der Waals surface area contributed by atoms with Crippen molar-refractivity contribution < 1.29 is 19.1 Å². The summed E-state index contributed by atoms with van der Waals surface area (Å²) in [6, 6.07) is 12.9. The number of esters is 1. The lowest BCUT2D eigenvalue weighted by Crippen LogP contribution is -2.33. The molecule has 1 aliphatic rings. The fraction of sp³-hybridized carbons (Fsp3) is 0.391. The zero-order valence-electron chi connectivity index (χ0n) is 16.5. The average molecular weight is 381 g/mol. The highest BCUT2D eigenvalue weighted by Gasteiger charge is 2.22. The van der Waals surface area contributed by atoms with Crippen molar-refractivity contribution in [2.45, 2.75) is 52.1 Å². The van der Waals surface area contributed by atoms with E-state index in [1.54, 1.807) is 31.2 Å². The van der Waals surface area contributed by atoms with Crippen molar-refractivity contribution in [1.29, 1.82) is 0 Å². The largest absolute Gasteiger partial charge is 0.481 e. The summed E-state index contributed by atoms with van der Waals surface area (Å²) in [5.74, 6) is -0.0275. The quantitative estimate of drug-likeness (QED) is 0.715. The first kappa shape index (κ1) is 19.9. The van der Waals surface area contributed by atoms with E-state index < -0.39 is 12.1 Å². The molecule has 5 heteroatoms. The predicted octanol–water partition coefficient (Wildman–Crippen LogP) is 4.54. The van der Waals surface area contributed by atoms with Gasteiger partial charge in [0.05, 0.1) is 17.9 Å². The minimum absolute atomic E-state index is 0.278. The van der Waals surface area contributed by atoms with Crippen molar-refractivity contribution in [2.24, 2.45) is 0 Å². The monoisotopic (exact) mass is 381 g/mol. The van der Waals surface area contributed by atoms with Gasteiger partial charge in [0.1, 0.15) is 5.75 Å². The van der Waals surface area contributed by atoms with E-state index in [1.165, 1.54) is 24.0 Å². The van der Waals surface area contributed by atoms with Crippen LogP contribution in [0.1, 0.15) is 54.6 Å². The van der Waals surface area contributed by atoms with Gasteiger partial charge in [0, 0.05) is 0 Å². The molecule has 0 spiro atoms. The number of benzene rings is 2. The summed E-state index contributed by atoms with van der Waals surface area (Å²) in [5.41, 5.74) is 3.45. The molecule has 1 atom stereocenters. The lowest BCUT2D eigenvalue weighted by molar-refractivity contribution is -0.122. The number of fused-ring (bicyclic) bond motifs is 1. The van der Waals surface area contributed by atoms with Gasteiger partial charge in [-0.2, -0.15) is 0 Å². The Bertz CT molecular complexity index is 846. The van der Waals surface area contributed by atoms with Crippen LogP contribution in [0, 0.1) is 0 Å². The second kappa shape index (κ2) is 9.40. The first-order valence-electron chi connectivity index (χ1n) is 9.97. The maximum absolute atomic E-state index is 12.8. The van der Waals surface area contributed by atoms with E-state index in [9.17, 15) is 9.59 Å². The van der Waals surface area contributed by atoms with Crippen molar-refractivity contribution >= 4 is 17.6 Å². The minimum atomic E-state index is -0.642. The Morgan fingerprint density at radius 1 is 1.04 bits per heavy atom. The zero-order valence-corrected chi connectivity index (χ0v) is 16.5. The van der Waals surface area contributed by atoms with Crippen LogP contribution in [-0.2, 0) is 22.4 Å². The molecule has 0 bridgehead atoms. The van der Waals surface area contributed by atoms with Crippen molar-refractivity contribution in [2.75, 3.05) is 11.9 Å². The Kier molecular flexibility index (Phi) is 6.69. The molecule has 2 aromatic carbocycles. The number of carbonyl (C=O) groups excluding carboxylic acids is 2. The third-order valence-electron chi connectivity index (χ3n) is 4.94. The number of hydrogen-bond acceptors (Lipinski definition) is 4. The van der Waals surface area contributed by atoms with Gasteiger partial charge in [-0.3, -0.25) is 4.79 Å². The Labute approximate surface area is 166 Å². The fourth-order valence-electron chi connectivity index (χ4n) is 3.46. The summed E-state index contributed by atoms with van der Waals surface area (Å²) < 4.78 is 11.0. The summed E-state index contributed by atoms with van der Waals surface area (Å²) in [5, 5.41) is 2.82. The third kappa shape index (κ3) is 4.71. The molecule has 0 radical (unpaired) electrons. The van der Waals surface area contributed by atoms with E-state index in [0.29, 0.717) is 23.4 Å². The van der Waals surface area contributed by atoms with Gasteiger partial charge >= 0.3 is 5.97 Å². The number of para-hydroxylation sites is 1. The van der Waals surface area contributed by atoms with Crippen LogP contribution < -0.4 is 10.1 Å². The molecule has 148 valence electrons. The molecular formula is C23H27NO4. The van der Waals surface area contributed by atoms with Crippen molar-refractivity contribution in [3.05, 3.63) is 59.2 Å². The van der Waals surface area contributed by atoms with E-state index in [-0.39, 0.29) is 12.5 Å². The van der Waals surface area contributed by atoms with Gasteiger partial charge in [-0.15, -0.1) is 0 Å². The van der Waals surface area contributed by atoms with E-state index in [1.807, 2.05) is 13.0 Å². The number of amides is 1. The second-order valence-corrected chi connectivity index (χ2v) is 6.91. The summed E-state index contributed by atoms with van der Waals surface area (Å²) in [6.07, 6.45) is 4.47. The van der Waals surface area contributed by atoms with Crippen LogP contribution in [0.5, 0.6) is 5.75 Å². The molecule has 1 amide bonds. The highest BCUT2D eigenvalue weighted by Crippen LogP contribution is 2.26. The predicted molar refractivity (Wildman–Crippen MR) is 109 cm³/mol. The lowest BCUT2D eigenvalue weighted by atomic mass is 9.92. The van der Waals surface area contributed by atoms with Crippen LogP contribution in [0.15, 0.2) is 42.5 Å². The second-order valence-electron chi connectivity index (χ2n) is 6.91. The van der Waals surface area contributed by atoms with Crippen molar-refractivity contribution in [1.82, 2.24) is 0 Å². The van der Waals surface area contributed by atoms with Gasteiger partial charge in [0.2, 0.25) is 0 Å². The van der Waals surface area contributed by atoms with Crippen molar-refractivity contribution in [3.8, 4) is 5.75 Å². The van der Waals surface area contributed by atoms with Crippen LogP contribution in [-0.4, -0.2) is 24.6 Å². The first-order chi connectivity index (χ1) is 13.6. The number of carbonyl (C=O) groups is 2. The molecule has 0 fully saturated rings. The van der Waals surface area contributed by atoms with Gasteiger partial charge in [-0.05, 0) is 74.4 Å². The number of aryl methyl sites for hydroxylation is 2. The van der Waals surface area contributed by atoms with Crippen LogP contribution in [0.3, 0.4) is 0 Å². The third-order valence-corrected chi connectivity index (χ3v) is 4.94. The van der Waals surface area contributed by atoms with Gasteiger partial charge in [0.25, 0.3) is 5.91 Å². The van der Waals surface area contributed by atoms with E-state index >= 15 is 0 Å². The highest BCUT2D eigenvalue weighted by molar-refractivity contribution is 6.02. The van der Waals surface area contributed by atoms with Gasteiger partial charge in [-0.25, -0.2) is 4.79 Å². The molecule has 1 aliphatic carbocycles. The zero-order chi connectivity index (χ0) is 19.9. The average Bonchev–Trinajstić information content (AvgIpc) is 2.72. The van der Waals surface area contributed by atoms with E-state index in [2.05, 4.69) is 17.4 Å². The summed E-state index contributed by atoms with van der Waals surface area (Å²) in [6.45, 7) is 3.93. The van der Waals surface area contributed by atoms with Crippen LogP contribution in [0.4, 0.5) is 5.69 Å². The number of anilines is 1. The molecule has 1 N–H and O–H groups in total. The smallest absolute Gasteiger partial charge is 0.340 e. The van der Waals surface area contributed by atoms with Crippen LogP contribution >= 0.6 is 0 Å². The Hall–Kier alpha value is -2.82. The molecule has 2 aromatic rings. The van der Waals surface area contributed by atoms with E-state index in [4.69, 9.17) is 9.47 Å². The molecule has 0 heterocycles. The molecule has 28 heavy (non-hydrogen) atoms. The maximum Gasteiger partial charge on any atom is 0.340 e. The van der Waals surface area contributed by atoms with Crippen molar-refractivity contribution in [3.63, 3.8) is 0 Å².